The molecular weight excluding hydrogens is 236 g/mol. The zero-order valence-electron chi connectivity index (χ0n) is 12.7. The molecule has 0 aliphatic heterocycles. The Morgan fingerprint density at radius 2 is 1.47 bits per heavy atom. The Hall–Kier alpha value is -0.860. The summed E-state index contributed by atoms with van der Waals surface area (Å²) < 4.78 is 4.91. The molecule has 0 aromatic carbocycles. The van der Waals surface area contributed by atoms with E-state index in [9.17, 15) is 0 Å². The predicted octanol–water partition coefficient (Wildman–Crippen LogP) is 5.48. The maximum atomic E-state index is 4.91. The zero-order valence-corrected chi connectivity index (χ0v) is 12.7. The molecule has 1 unspecified atom stereocenters. The molecule has 0 radical (unpaired) electrons. The summed E-state index contributed by atoms with van der Waals surface area (Å²) in [6.07, 6.45) is 15.8. The highest BCUT2D eigenvalue weighted by atomic mass is 16.5. The normalized spacial score (nSPS) is 12.7. The van der Waals surface area contributed by atoms with E-state index in [2.05, 4.69) is 24.0 Å². The SMILES string of the molecule is CCCCCCCC(CCCCCC)c1ncon1. The maximum absolute atomic E-state index is 4.91. The number of hydrogen-bond acceptors (Lipinski definition) is 3. The lowest BCUT2D eigenvalue weighted by molar-refractivity contribution is 0.393. The Kier molecular flexibility index (Phi) is 9.38. The van der Waals surface area contributed by atoms with Crippen LogP contribution in [0.3, 0.4) is 0 Å². The van der Waals surface area contributed by atoms with Crippen LogP contribution < -0.4 is 0 Å². The molecule has 0 amide bonds. The van der Waals surface area contributed by atoms with Gasteiger partial charge in [-0.25, -0.2) is 0 Å². The van der Waals surface area contributed by atoms with Gasteiger partial charge in [0.15, 0.2) is 5.82 Å². The van der Waals surface area contributed by atoms with Gasteiger partial charge in [-0.05, 0) is 12.8 Å². The second-order valence-electron chi connectivity index (χ2n) is 5.54. The van der Waals surface area contributed by atoms with E-state index in [-0.39, 0.29) is 0 Å². The van der Waals surface area contributed by atoms with Gasteiger partial charge in [0.2, 0.25) is 6.39 Å². The molecule has 1 aromatic heterocycles. The molecule has 1 heterocycles. The van der Waals surface area contributed by atoms with E-state index in [1.165, 1.54) is 77.0 Å². The summed E-state index contributed by atoms with van der Waals surface area (Å²) in [5, 5.41) is 4.04. The Labute approximate surface area is 118 Å². The molecular formula is C16H30N2O. The summed E-state index contributed by atoms with van der Waals surface area (Å²) in [5.41, 5.74) is 0. The summed E-state index contributed by atoms with van der Waals surface area (Å²) >= 11 is 0. The van der Waals surface area contributed by atoms with Crippen LogP contribution in [0.5, 0.6) is 0 Å². The van der Waals surface area contributed by atoms with Crippen molar-refractivity contribution in [3.8, 4) is 0 Å². The first kappa shape index (κ1) is 16.2. The van der Waals surface area contributed by atoms with Gasteiger partial charge in [-0.2, -0.15) is 4.98 Å². The minimum atomic E-state index is 0.511. The lowest BCUT2D eigenvalue weighted by atomic mass is 9.94. The van der Waals surface area contributed by atoms with Crippen molar-refractivity contribution in [3.05, 3.63) is 12.2 Å². The van der Waals surface area contributed by atoms with E-state index < -0.39 is 0 Å². The van der Waals surface area contributed by atoms with E-state index in [1.807, 2.05) is 0 Å². The van der Waals surface area contributed by atoms with Crippen LogP contribution >= 0.6 is 0 Å². The van der Waals surface area contributed by atoms with Crippen molar-refractivity contribution in [2.24, 2.45) is 0 Å². The Morgan fingerprint density at radius 3 is 2.00 bits per heavy atom. The van der Waals surface area contributed by atoms with Crippen molar-refractivity contribution < 1.29 is 4.52 Å². The van der Waals surface area contributed by atoms with E-state index in [1.54, 1.807) is 0 Å². The third-order valence-electron chi connectivity index (χ3n) is 3.81. The van der Waals surface area contributed by atoms with Crippen molar-refractivity contribution in [2.45, 2.75) is 90.4 Å². The van der Waals surface area contributed by atoms with Gasteiger partial charge in [0.1, 0.15) is 0 Å². The molecule has 0 fully saturated rings. The maximum Gasteiger partial charge on any atom is 0.213 e. The molecule has 0 N–H and O–H groups in total. The molecule has 1 atom stereocenters. The lowest BCUT2D eigenvalue weighted by Gasteiger charge is -2.12. The van der Waals surface area contributed by atoms with Crippen molar-refractivity contribution >= 4 is 0 Å². The van der Waals surface area contributed by atoms with E-state index in [0.29, 0.717) is 5.92 Å². The highest BCUT2D eigenvalue weighted by Gasteiger charge is 2.15. The van der Waals surface area contributed by atoms with Crippen LogP contribution in [-0.4, -0.2) is 10.1 Å². The molecule has 19 heavy (non-hydrogen) atoms. The van der Waals surface area contributed by atoms with Crippen LogP contribution in [0.15, 0.2) is 10.9 Å². The third kappa shape index (κ3) is 7.34. The topological polar surface area (TPSA) is 38.9 Å². The number of nitrogens with zero attached hydrogens (tertiary/aromatic N) is 2. The van der Waals surface area contributed by atoms with Gasteiger partial charge >= 0.3 is 0 Å². The molecule has 0 saturated heterocycles. The van der Waals surface area contributed by atoms with Crippen LogP contribution in [0.4, 0.5) is 0 Å². The average molecular weight is 266 g/mol. The van der Waals surface area contributed by atoms with Crippen LogP contribution in [0, 0.1) is 0 Å². The third-order valence-corrected chi connectivity index (χ3v) is 3.81. The first-order valence-electron chi connectivity index (χ1n) is 8.14. The minimum absolute atomic E-state index is 0.511. The van der Waals surface area contributed by atoms with Crippen LogP contribution in [0.1, 0.15) is 96.2 Å². The Bertz CT molecular complexity index is 285. The van der Waals surface area contributed by atoms with E-state index >= 15 is 0 Å². The molecule has 1 aromatic rings. The number of unbranched alkanes of at least 4 members (excludes halogenated alkanes) is 7. The molecule has 0 aliphatic rings. The Balaban J connectivity index is 2.25. The molecule has 110 valence electrons. The van der Waals surface area contributed by atoms with Crippen molar-refractivity contribution in [2.75, 3.05) is 0 Å². The summed E-state index contributed by atoms with van der Waals surface area (Å²) in [6.45, 7) is 4.51. The fraction of sp³-hybridized carbons (Fsp3) is 0.875. The van der Waals surface area contributed by atoms with Crippen molar-refractivity contribution in [3.63, 3.8) is 0 Å². The van der Waals surface area contributed by atoms with Gasteiger partial charge in [0.05, 0.1) is 0 Å². The molecule has 0 spiro atoms. The highest BCUT2D eigenvalue weighted by molar-refractivity contribution is 4.91. The lowest BCUT2D eigenvalue weighted by Crippen LogP contribution is -2.02. The highest BCUT2D eigenvalue weighted by Crippen LogP contribution is 2.26. The first-order chi connectivity index (χ1) is 9.38. The molecule has 0 aliphatic carbocycles. The van der Waals surface area contributed by atoms with Gasteiger partial charge in [-0.15, -0.1) is 0 Å². The summed E-state index contributed by atoms with van der Waals surface area (Å²) in [7, 11) is 0. The molecule has 3 heteroatoms. The largest absolute Gasteiger partial charge is 0.343 e. The quantitative estimate of drug-likeness (QED) is 0.470. The van der Waals surface area contributed by atoms with Gasteiger partial charge < -0.3 is 4.52 Å². The van der Waals surface area contributed by atoms with Crippen molar-refractivity contribution in [1.82, 2.24) is 10.1 Å². The smallest absolute Gasteiger partial charge is 0.213 e. The first-order valence-corrected chi connectivity index (χ1v) is 8.14. The van der Waals surface area contributed by atoms with Crippen molar-refractivity contribution in [1.29, 1.82) is 0 Å². The predicted molar refractivity (Wildman–Crippen MR) is 79.2 cm³/mol. The average Bonchev–Trinajstić information content (AvgIpc) is 2.95. The summed E-state index contributed by atoms with van der Waals surface area (Å²) in [4.78, 5) is 4.25. The fourth-order valence-electron chi connectivity index (χ4n) is 2.57. The van der Waals surface area contributed by atoms with Gasteiger partial charge in [-0.3, -0.25) is 0 Å². The van der Waals surface area contributed by atoms with Gasteiger partial charge in [0.25, 0.3) is 0 Å². The minimum Gasteiger partial charge on any atom is -0.343 e. The summed E-state index contributed by atoms with van der Waals surface area (Å²) in [6, 6.07) is 0. The fourth-order valence-corrected chi connectivity index (χ4v) is 2.57. The molecule has 0 saturated carbocycles. The number of aromatic nitrogens is 2. The molecule has 3 nitrogen and oxygen atoms in total. The zero-order chi connectivity index (χ0) is 13.8. The number of rotatable bonds is 12. The summed E-state index contributed by atoms with van der Waals surface area (Å²) in [5.74, 6) is 1.43. The Morgan fingerprint density at radius 1 is 0.895 bits per heavy atom. The molecule has 1 rings (SSSR count). The van der Waals surface area contributed by atoms with E-state index in [0.717, 1.165) is 5.82 Å². The van der Waals surface area contributed by atoms with Crippen LogP contribution in [0.25, 0.3) is 0 Å². The monoisotopic (exact) mass is 266 g/mol. The standard InChI is InChI=1S/C16H30N2O/c1-3-5-7-9-11-13-15(12-10-8-6-4-2)16-17-14-19-18-16/h14-15H,3-13H2,1-2H3. The molecule has 0 bridgehead atoms. The van der Waals surface area contributed by atoms with Gasteiger partial charge in [0, 0.05) is 5.92 Å². The number of hydrogen-bond donors (Lipinski definition) is 0. The van der Waals surface area contributed by atoms with Gasteiger partial charge in [-0.1, -0.05) is 76.8 Å². The second kappa shape index (κ2) is 11.0. The second-order valence-corrected chi connectivity index (χ2v) is 5.54. The van der Waals surface area contributed by atoms with Crippen LogP contribution in [0.2, 0.25) is 0 Å². The van der Waals surface area contributed by atoms with Crippen LogP contribution in [-0.2, 0) is 0 Å². The van der Waals surface area contributed by atoms with E-state index in [4.69, 9.17) is 4.52 Å².